The van der Waals surface area contributed by atoms with Crippen LogP contribution in [0.5, 0.6) is 0 Å². The fourth-order valence-electron chi connectivity index (χ4n) is 1.51. The highest BCUT2D eigenvalue weighted by molar-refractivity contribution is 4.84. The minimum Gasteiger partial charge on any atom is -0.396 e. The molecule has 0 radical (unpaired) electrons. The monoisotopic (exact) mass is 226 g/mol. The Kier molecular flexibility index (Phi) is 4.98. The number of nitrogens with zero attached hydrogens (tertiary/aromatic N) is 2. The van der Waals surface area contributed by atoms with Gasteiger partial charge in [0.2, 0.25) is 0 Å². The highest BCUT2D eigenvalue weighted by Crippen LogP contribution is 1.99. The van der Waals surface area contributed by atoms with Gasteiger partial charge in [0.05, 0.1) is 0 Å². The maximum atomic E-state index is 11.5. The predicted molar refractivity (Wildman–Crippen MR) is 61.5 cm³/mol. The summed E-state index contributed by atoms with van der Waals surface area (Å²) in [4.78, 5) is 22.8. The van der Waals surface area contributed by atoms with Crippen LogP contribution in [0.3, 0.4) is 0 Å². The van der Waals surface area contributed by atoms with Crippen molar-refractivity contribution in [1.82, 2.24) is 9.13 Å². The zero-order valence-electron chi connectivity index (χ0n) is 9.56. The number of aromatic nitrogens is 2. The SMILES string of the molecule is Cn1ccn(CCCCCCO)c(=O)c1=O. The van der Waals surface area contributed by atoms with Crippen LogP contribution < -0.4 is 11.1 Å². The summed E-state index contributed by atoms with van der Waals surface area (Å²) in [5.41, 5.74) is -0.954. The van der Waals surface area contributed by atoms with Crippen LogP contribution in [0, 0.1) is 0 Å². The quantitative estimate of drug-likeness (QED) is 0.552. The van der Waals surface area contributed by atoms with Crippen LogP contribution in [0.15, 0.2) is 22.0 Å². The van der Waals surface area contributed by atoms with Gasteiger partial charge in [0.25, 0.3) is 0 Å². The maximum absolute atomic E-state index is 11.5. The van der Waals surface area contributed by atoms with Crippen molar-refractivity contribution in [2.75, 3.05) is 6.61 Å². The van der Waals surface area contributed by atoms with Gasteiger partial charge in [0.1, 0.15) is 0 Å². The smallest absolute Gasteiger partial charge is 0.316 e. The van der Waals surface area contributed by atoms with Gasteiger partial charge in [-0.25, -0.2) is 0 Å². The van der Waals surface area contributed by atoms with Crippen molar-refractivity contribution in [1.29, 1.82) is 0 Å². The Morgan fingerprint density at radius 2 is 1.75 bits per heavy atom. The van der Waals surface area contributed by atoms with Gasteiger partial charge in [-0.2, -0.15) is 0 Å². The number of unbranched alkanes of at least 4 members (excludes halogenated alkanes) is 3. The van der Waals surface area contributed by atoms with Gasteiger partial charge >= 0.3 is 11.1 Å². The van der Waals surface area contributed by atoms with Crippen molar-refractivity contribution in [3.05, 3.63) is 33.1 Å². The second kappa shape index (κ2) is 6.27. The minimum atomic E-state index is -0.488. The Hall–Kier alpha value is -1.36. The lowest BCUT2D eigenvalue weighted by Gasteiger charge is -2.05. The van der Waals surface area contributed by atoms with E-state index < -0.39 is 11.1 Å². The molecule has 0 aromatic carbocycles. The molecule has 0 bridgehead atoms. The van der Waals surface area contributed by atoms with Crippen molar-refractivity contribution < 1.29 is 5.11 Å². The third kappa shape index (κ3) is 3.34. The number of aryl methyl sites for hydroxylation is 2. The summed E-state index contributed by atoms with van der Waals surface area (Å²) < 4.78 is 2.73. The lowest BCUT2D eigenvalue weighted by atomic mass is 10.2. The molecule has 0 fully saturated rings. The summed E-state index contributed by atoms with van der Waals surface area (Å²) in [6.07, 6.45) is 6.80. The molecule has 0 spiro atoms. The molecule has 1 rings (SSSR count). The largest absolute Gasteiger partial charge is 0.396 e. The van der Waals surface area contributed by atoms with E-state index in [1.807, 2.05) is 0 Å². The fraction of sp³-hybridized carbons (Fsp3) is 0.636. The average molecular weight is 226 g/mol. The van der Waals surface area contributed by atoms with Crippen LogP contribution in [0.25, 0.3) is 0 Å². The van der Waals surface area contributed by atoms with E-state index in [1.165, 1.54) is 9.13 Å². The summed E-state index contributed by atoms with van der Waals surface area (Å²) in [5, 5.41) is 8.59. The zero-order chi connectivity index (χ0) is 12.0. The third-order valence-corrected chi connectivity index (χ3v) is 2.54. The number of hydrogen-bond donors (Lipinski definition) is 1. The van der Waals surface area contributed by atoms with Crippen LogP contribution >= 0.6 is 0 Å². The molecular formula is C11H18N2O3. The lowest BCUT2D eigenvalue weighted by Crippen LogP contribution is -2.39. The molecule has 1 N–H and O–H groups in total. The van der Waals surface area contributed by atoms with Gasteiger partial charge in [-0.05, 0) is 12.8 Å². The standard InChI is InChI=1S/C11H18N2O3/c1-12-7-8-13(11(16)10(12)15)6-4-2-3-5-9-14/h7-8,14H,2-6,9H2,1H3. The Balaban J connectivity index is 2.52. The second-order valence-electron chi connectivity index (χ2n) is 3.85. The van der Waals surface area contributed by atoms with Crippen molar-refractivity contribution in [2.45, 2.75) is 32.2 Å². The summed E-state index contributed by atoms with van der Waals surface area (Å²) in [7, 11) is 1.56. The Bertz CT molecular complexity index is 434. The highest BCUT2D eigenvalue weighted by atomic mass is 16.3. The molecule has 1 aromatic heterocycles. The average Bonchev–Trinajstić information content (AvgIpc) is 2.28. The van der Waals surface area contributed by atoms with E-state index >= 15 is 0 Å². The second-order valence-corrected chi connectivity index (χ2v) is 3.85. The van der Waals surface area contributed by atoms with E-state index in [4.69, 9.17) is 5.11 Å². The van der Waals surface area contributed by atoms with Crippen LogP contribution in [-0.2, 0) is 13.6 Å². The van der Waals surface area contributed by atoms with Gasteiger partial charge in [0.15, 0.2) is 0 Å². The Labute approximate surface area is 94.0 Å². The summed E-state index contributed by atoms with van der Waals surface area (Å²) in [6, 6.07) is 0. The molecule has 90 valence electrons. The summed E-state index contributed by atoms with van der Waals surface area (Å²) in [6.45, 7) is 0.784. The number of rotatable bonds is 6. The molecule has 5 nitrogen and oxygen atoms in total. The summed E-state index contributed by atoms with van der Waals surface area (Å²) in [5.74, 6) is 0. The van der Waals surface area contributed by atoms with Crippen molar-refractivity contribution in [2.24, 2.45) is 7.05 Å². The predicted octanol–water partition coefficient (Wildman–Crippen LogP) is 0.0997. The molecule has 5 heteroatoms. The van der Waals surface area contributed by atoms with Gasteiger partial charge < -0.3 is 14.2 Å². The van der Waals surface area contributed by atoms with Crippen molar-refractivity contribution in [3.8, 4) is 0 Å². The van der Waals surface area contributed by atoms with E-state index in [-0.39, 0.29) is 6.61 Å². The van der Waals surface area contributed by atoms with Crippen LogP contribution in [0.2, 0.25) is 0 Å². The molecule has 0 aliphatic heterocycles. The zero-order valence-corrected chi connectivity index (χ0v) is 9.56. The van der Waals surface area contributed by atoms with E-state index in [1.54, 1.807) is 19.4 Å². The number of hydrogen-bond acceptors (Lipinski definition) is 3. The molecule has 16 heavy (non-hydrogen) atoms. The third-order valence-electron chi connectivity index (χ3n) is 2.54. The van der Waals surface area contributed by atoms with Crippen molar-refractivity contribution in [3.63, 3.8) is 0 Å². The fourth-order valence-corrected chi connectivity index (χ4v) is 1.51. The molecule has 0 atom stereocenters. The van der Waals surface area contributed by atoms with Crippen LogP contribution in [0.1, 0.15) is 25.7 Å². The molecule has 0 aliphatic carbocycles. The van der Waals surface area contributed by atoms with Crippen molar-refractivity contribution >= 4 is 0 Å². The first kappa shape index (κ1) is 12.7. The number of aliphatic hydroxyl groups excluding tert-OH is 1. The molecule has 1 aromatic rings. The molecule has 0 saturated heterocycles. The van der Waals surface area contributed by atoms with Crippen LogP contribution in [0.4, 0.5) is 0 Å². The lowest BCUT2D eigenvalue weighted by molar-refractivity contribution is 0.282. The molecular weight excluding hydrogens is 208 g/mol. The Morgan fingerprint density at radius 3 is 2.44 bits per heavy atom. The van der Waals surface area contributed by atoms with Crippen LogP contribution in [-0.4, -0.2) is 20.8 Å². The first-order chi connectivity index (χ1) is 7.66. The normalized spacial score (nSPS) is 10.6. The van der Waals surface area contributed by atoms with Gasteiger partial charge in [-0.15, -0.1) is 0 Å². The number of aliphatic hydroxyl groups is 1. The minimum absolute atomic E-state index is 0.214. The topological polar surface area (TPSA) is 64.2 Å². The van der Waals surface area contributed by atoms with Gasteiger partial charge in [-0.1, -0.05) is 12.8 Å². The first-order valence-electron chi connectivity index (χ1n) is 5.53. The van der Waals surface area contributed by atoms with Gasteiger partial charge in [0, 0.05) is 32.6 Å². The maximum Gasteiger partial charge on any atom is 0.316 e. The first-order valence-corrected chi connectivity index (χ1v) is 5.53. The van der Waals surface area contributed by atoms with Gasteiger partial charge in [-0.3, -0.25) is 9.59 Å². The molecule has 0 unspecified atom stereocenters. The summed E-state index contributed by atoms with van der Waals surface area (Å²) >= 11 is 0. The molecule has 1 heterocycles. The van der Waals surface area contributed by atoms with E-state index in [0.717, 1.165) is 25.7 Å². The highest BCUT2D eigenvalue weighted by Gasteiger charge is 2.01. The molecule has 0 aliphatic rings. The van der Waals surface area contributed by atoms with E-state index in [9.17, 15) is 9.59 Å². The van der Waals surface area contributed by atoms with E-state index in [2.05, 4.69) is 0 Å². The molecule has 0 amide bonds. The van der Waals surface area contributed by atoms with E-state index in [0.29, 0.717) is 6.54 Å². The Morgan fingerprint density at radius 1 is 1.06 bits per heavy atom. The molecule has 0 saturated carbocycles.